The summed E-state index contributed by atoms with van der Waals surface area (Å²) in [7, 11) is -3.11. The number of aryl methyl sites for hydroxylation is 1. The molecule has 1 atom stereocenters. The zero-order chi connectivity index (χ0) is 20.9. The summed E-state index contributed by atoms with van der Waals surface area (Å²) in [6.45, 7) is 4.90. The normalized spacial score (nSPS) is 17.9. The summed E-state index contributed by atoms with van der Waals surface area (Å²) in [5, 5.41) is 0. The quantitative estimate of drug-likeness (QED) is 0.575. The van der Waals surface area contributed by atoms with E-state index in [0.717, 1.165) is 30.8 Å². The van der Waals surface area contributed by atoms with Crippen molar-refractivity contribution in [3.8, 4) is 5.75 Å². The van der Waals surface area contributed by atoms with Crippen molar-refractivity contribution >= 4 is 15.7 Å². The highest BCUT2D eigenvalue weighted by molar-refractivity contribution is 7.91. The Bertz CT molecular complexity index is 917. The van der Waals surface area contributed by atoms with Crippen molar-refractivity contribution in [1.29, 1.82) is 0 Å². The largest absolute Gasteiger partial charge is 0.494 e. The molecular weight excluding hydrogens is 390 g/mol. The minimum absolute atomic E-state index is 0.00292. The van der Waals surface area contributed by atoms with Gasteiger partial charge in [0.15, 0.2) is 9.84 Å². The second kappa shape index (κ2) is 9.48. The first-order valence-electron chi connectivity index (χ1n) is 10.2. The Labute approximate surface area is 172 Å². The zero-order valence-electron chi connectivity index (χ0n) is 17.1. The molecule has 0 bridgehead atoms. The Hall–Kier alpha value is -2.28. The highest BCUT2D eigenvalue weighted by atomic mass is 32.2. The van der Waals surface area contributed by atoms with Gasteiger partial charge in [-0.05, 0) is 56.2 Å². The Morgan fingerprint density at radius 2 is 1.93 bits per heavy atom. The summed E-state index contributed by atoms with van der Waals surface area (Å²) in [6.07, 6.45) is 3.72. The van der Waals surface area contributed by atoms with Crippen LogP contribution < -0.4 is 4.74 Å². The number of ether oxygens (including phenoxy) is 1. The molecule has 1 aliphatic heterocycles. The molecule has 1 unspecified atom stereocenters. The van der Waals surface area contributed by atoms with Crippen LogP contribution in [0, 0.1) is 6.92 Å². The lowest BCUT2D eigenvalue weighted by Crippen LogP contribution is -2.40. The third-order valence-corrected chi connectivity index (χ3v) is 6.90. The average molecular weight is 420 g/mol. The number of unbranched alkanes of at least 4 members (excludes halogenated alkanes) is 2. The summed E-state index contributed by atoms with van der Waals surface area (Å²) in [5.41, 5.74) is 0.512. The fourth-order valence-corrected chi connectivity index (χ4v) is 5.26. The topological polar surface area (TPSA) is 76.8 Å². The van der Waals surface area contributed by atoms with E-state index in [0.29, 0.717) is 24.4 Å². The summed E-state index contributed by atoms with van der Waals surface area (Å²) >= 11 is 0. The molecule has 1 aromatic carbocycles. The Balaban J connectivity index is 1.73. The lowest BCUT2D eigenvalue weighted by atomic mass is 10.1. The van der Waals surface area contributed by atoms with Crippen molar-refractivity contribution in [3.63, 3.8) is 0 Å². The van der Waals surface area contributed by atoms with Crippen LogP contribution >= 0.6 is 0 Å². The van der Waals surface area contributed by atoms with Gasteiger partial charge in [-0.3, -0.25) is 4.79 Å². The van der Waals surface area contributed by atoms with Gasteiger partial charge in [0.1, 0.15) is 17.3 Å². The fourth-order valence-electron chi connectivity index (χ4n) is 3.53. The van der Waals surface area contributed by atoms with Crippen molar-refractivity contribution < 1.29 is 22.4 Å². The van der Waals surface area contributed by atoms with Gasteiger partial charge in [0.25, 0.3) is 5.91 Å². The SMILES string of the molecule is CCCCCOc1ccc(C(=O)N(Cc2ccc(C)o2)C2CCS(=O)(=O)C2)cc1. The van der Waals surface area contributed by atoms with Gasteiger partial charge in [0.2, 0.25) is 0 Å². The van der Waals surface area contributed by atoms with Crippen molar-refractivity contribution in [2.24, 2.45) is 0 Å². The first-order valence-corrected chi connectivity index (χ1v) is 12.0. The molecule has 3 rings (SSSR count). The molecule has 2 heterocycles. The number of rotatable bonds is 9. The number of sulfone groups is 1. The maximum atomic E-state index is 13.2. The van der Waals surface area contributed by atoms with Crippen LogP contribution in [0.2, 0.25) is 0 Å². The van der Waals surface area contributed by atoms with Crippen LogP contribution in [0.3, 0.4) is 0 Å². The number of carbonyl (C=O) groups is 1. The van der Waals surface area contributed by atoms with Crippen LogP contribution in [0.1, 0.15) is 54.5 Å². The van der Waals surface area contributed by atoms with Crippen LogP contribution in [0.25, 0.3) is 0 Å². The maximum absolute atomic E-state index is 13.2. The summed E-state index contributed by atoms with van der Waals surface area (Å²) in [4.78, 5) is 14.8. The monoisotopic (exact) mass is 419 g/mol. The van der Waals surface area contributed by atoms with E-state index in [1.165, 1.54) is 0 Å². The van der Waals surface area contributed by atoms with Crippen LogP contribution in [-0.4, -0.2) is 43.4 Å². The van der Waals surface area contributed by atoms with Crippen molar-refractivity contribution in [2.75, 3.05) is 18.1 Å². The number of carbonyl (C=O) groups excluding carboxylic acids is 1. The number of hydrogen-bond acceptors (Lipinski definition) is 5. The van der Waals surface area contributed by atoms with E-state index in [9.17, 15) is 13.2 Å². The first-order chi connectivity index (χ1) is 13.9. The van der Waals surface area contributed by atoms with Crippen molar-refractivity contribution in [3.05, 3.63) is 53.5 Å². The molecular formula is C22H29NO5S. The van der Waals surface area contributed by atoms with Crippen molar-refractivity contribution in [2.45, 2.75) is 52.1 Å². The standard InChI is InChI=1S/C22H29NO5S/c1-3-4-5-13-27-20-10-7-18(8-11-20)22(24)23(15-21-9-6-17(2)28-21)19-12-14-29(25,26)16-19/h6-11,19H,3-5,12-16H2,1-2H3. The highest BCUT2D eigenvalue weighted by Crippen LogP contribution is 2.24. The third-order valence-electron chi connectivity index (χ3n) is 5.15. The lowest BCUT2D eigenvalue weighted by Gasteiger charge is -2.27. The van der Waals surface area contributed by atoms with Gasteiger partial charge in [-0.1, -0.05) is 19.8 Å². The Morgan fingerprint density at radius 1 is 1.17 bits per heavy atom. The molecule has 6 nitrogen and oxygen atoms in total. The van der Waals surface area contributed by atoms with Gasteiger partial charge in [-0.2, -0.15) is 0 Å². The van der Waals surface area contributed by atoms with Crippen LogP contribution in [0.5, 0.6) is 5.75 Å². The van der Waals surface area contributed by atoms with E-state index in [1.54, 1.807) is 29.2 Å². The number of nitrogens with zero attached hydrogens (tertiary/aromatic N) is 1. The molecule has 158 valence electrons. The second-order valence-electron chi connectivity index (χ2n) is 7.58. The number of hydrogen-bond donors (Lipinski definition) is 0. The lowest BCUT2D eigenvalue weighted by molar-refractivity contribution is 0.0665. The highest BCUT2D eigenvalue weighted by Gasteiger charge is 2.35. The molecule has 1 aromatic heterocycles. The van der Waals surface area contributed by atoms with Crippen LogP contribution in [-0.2, 0) is 16.4 Å². The molecule has 0 radical (unpaired) electrons. The molecule has 0 saturated carbocycles. The minimum atomic E-state index is -3.11. The molecule has 7 heteroatoms. The number of benzene rings is 1. The smallest absolute Gasteiger partial charge is 0.254 e. The zero-order valence-corrected chi connectivity index (χ0v) is 17.9. The van der Waals surface area contributed by atoms with E-state index in [1.807, 2.05) is 19.1 Å². The van der Waals surface area contributed by atoms with Gasteiger partial charge < -0.3 is 14.1 Å². The summed E-state index contributed by atoms with van der Waals surface area (Å²) < 4.78 is 35.3. The van der Waals surface area contributed by atoms with Gasteiger partial charge >= 0.3 is 0 Å². The van der Waals surface area contributed by atoms with E-state index in [-0.39, 0.29) is 30.0 Å². The minimum Gasteiger partial charge on any atom is -0.494 e. The summed E-state index contributed by atoms with van der Waals surface area (Å²) in [5.74, 6) is 2.06. The van der Waals surface area contributed by atoms with Gasteiger partial charge in [-0.25, -0.2) is 8.42 Å². The molecule has 1 saturated heterocycles. The average Bonchev–Trinajstić information content (AvgIpc) is 3.27. The van der Waals surface area contributed by atoms with Gasteiger partial charge in [0.05, 0.1) is 24.7 Å². The van der Waals surface area contributed by atoms with E-state index >= 15 is 0 Å². The first kappa shape index (κ1) is 21.4. The Kier molecular flexibility index (Phi) is 7.00. The summed E-state index contributed by atoms with van der Waals surface area (Å²) in [6, 6.07) is 10.4. The molecule has 0 N–H and O–H groups in total. The van der Waals surface area contributed by atoms with Gasteiger partial charge in [0, 0.05) is 11.6 Å². The molecule has 0 aliphatic carbocycles. The predicted octanol–water partition coefficient (Wildman–Crippen LogP) is 3.99. The maximum Gasteiger partial charge on any atom is 0.254 e. The third kappa shape index (κ3) is 5.85. The van der Waals surface area contributed by atoms with E-state index in [4.69, 9.17) is 9.15 Å². The number of furan rings is 1. The molecule has 1 amide bonds. The van der Waals surface area contributed by atoms with E-state index < -0.39 is 9.84 Å². The second-order valence-corrected chi connectivity index (χ2v) is 9.81. The molecule has 29 heavy (non-hydrogen) atoms. The molecule has 1 fully saturated rings. The van der Waals surface area contributed by atoms with Crippen molar-refractivity contribution in [1.82, 2.24) is 4.90 Å². The van der Waals surface area contributed by atoms with Crippen LogP contribution in [0.4, 0.5) is 0 Å². The van der Waals surface area contributed by atoms with E-state index in [2.05, 4.69) is 6.92 Å². The van der Waals surface area contributed by atoms with Crippen LogP contribution in [0.15, 0.2) is 40.8 Å². The fraction of sp³-hybridized carbons (Fsp3) is 0.500. The number of amides is 1. The molecule has 0 spiro atoms. The van der Waals surface area contributed by atoms with Gasteiger partial charge in [-0.15, -0.1) is 0 Å². The molecule has 2 aromatic rings. The Morgan fingerprint density at radius 3 is 2.52 bits per heavy atom. The molecule has 1 aliphatic rings. The predicted molar refractivity (Wildman–Crippen MR) is 112 cm³/mol.